The van der Waals surface area contributed by atoms with Crippen LogP contribution >= 0.6 is 0 Å². The highest BCUT2D eigenvalue weighted by atomic mass is 32.2. The number of carbonyl (C=O) groups is 2. The van der Waals surface area contributed by atoms with Crippen LogP contribution in [0.1, 0.15) is 16.1 Å². The first-order valence-electron chi connectivity index (χ1n) is 10.4. The van der Waals surface area contributed by atoms with E-state index in [2.05, 4.69) is 9.72 Å². The van der Waals surface area contributed by atoms with Gasteiger partial charge in [0.1, 0.15) is 22.9 Å². The lowest BCUT2D eigenvalue weighted by Gasteiger charge is -2.21. The van der Waals surface area contributed by atoms with Crippen LogP contribution in [0.25, 0.3) is 0 Å². The smallest absolute Gasteiger partial charge is 0.445 e. The number of ether oxygens (including phenoxy) is 2. The number of likely N-dealkylation sites (tertiary alicyclic amines) is 2. The minimum absolute atomic E-state index is 0.0500. The first kappa shape index (κ1) is 24.7. The summed E-state index contributed by atoms with van der Waals surface area (Å²) >= 11 is 0. The topological polar surface area (TPSA) is 132 Å². The lowest BCUT2D eigenvalue weighted by atomic mass is 10.0. The molecule has 2 aliphatic heterocycles. The van der Waals surface area contributed by atoms with E-state index in [-0.39, 0.29) is 40.7 Å². The van der Waals surface area contributed by atoms with E-state index < -0.39 is 22.5 Å². The van der Waals surface area contributed by atoms with E-state index >= 15 is 0 Å². The molecule has 14 heteroatoms. The lowest BCUT2D eigenvalue weighted by Crippen LogP contribution is -2.36. The molecule has 4 rings (SSSR count). The minimum Gasteiger partial charge on any atom is -0.445 e. The zero-order valence-corrected chi connectivity index (χ0v) is 19.0. The number of alkyl halides is 3. The summed E-state index contributed by atoms with van der Waals surface area (Å²) in [5.41, 5.74) is 0.602. The molecule has 35 heavy (non-hydrogen) atoms. The van der Waals surface area contributed by atoms with Crippen molar-refractivity contribution in [3.8, 4) is 5.75 Å². The number of benzene rings is 1. The van der Waals surface area contributed by atoms with Crippen LogP contribution in [0.2, 0.25) is 0 Å². The van der Waals surface area contributed by atoms with Crippen molar-refractivity contribution in [2.75, 3.05) is 26.2 Å². The van der Waals surface area contributed by atoms with Gasteiger partial charge in [-0.05, 0) is 29.8 Å². The highest BCUT2D eigenvalue weighted by Crippen LogP contribution is 2.32. The van der Waals surface area contributed by atoms with Gasteiger partial charge >= 0.3 is 12.5 Å². The zero-order valence-electron chi connectivity index (χ0n) is 18.1. The summed E-state index contributed by atoms with van der Waals surface area (Å²) in [6, 6.07) is 7.56. The predicted molar refractivity (Wildman–Crippen MR) is 113 cm³/mol. The Morgan fingerprint density at radius 1 is 1.00 bits per heavy atom. The van der Waals surface area contributed by atoms with Crippen molar-refractivity contribution in [2.45, 2.75) is 17.9 Å². The van der Waals surface area contributed by atoms with E-state index in [0.717, 1.165) is 18.3 Å². The molecule has 2 atom stereocenters. The van der Waals surface area contributed by atoms with Crippen molar-refractivity contribution in [2.24, 2.45) is 17.0 Å². The second kappa shape index (κ2) is 9.34. The molecule has 2 N–H and O–H groups in total. The molecular formula is C21H21F3N4O6S. The molecule has 0 bridgehead atoms. The van der Waals surface area contributed by atoms with Crippen molar-refractivity contribution >= 4 is 22.0 Å². The number of rotatable bonds is 5. The Bertz CT molecular complexity index is 1190. The monoisotopic (exact) mass is 514 g/mol. The molecule has 0 saturated carbocycles. The van der Waals surface area contributed by atoms with Crippen molar-refractivity contribution in [1.29, 1.82) is 0 Å². The number of aromatic nitrogens is 1. The molecular weight excluding hydrogens is 493 g/mol. The Balaban J connectivity index is 1.26. The molecule has 2 unspecified atom stereocenters. The lowest BCUT2D eigenvalue weighted by molar-refractivity contribution is -0.274. The number of hydrogen-bond donors (Lipinski definition) is 1. The third-order valence-corrected chi connectivity index (χ3v) is 6.73. The summed E-state index contributed by atoms with van der Waals surface area (Å²) in [6.45, 7) is 1.49. The second-order valence-corrected chi connectivity index (χ2v) is 9.87. The average molecular weight is 514 g/mol. The third kappa shape index (κ3) is 6.00. The summed E-state index contributed by atoms with van der Waals surface area (Å²) in [5, 5.41) is 5.04. The molecule has 188 valence electrons. The Hall–Kier alpha value is -3.39. The quantitative estimate of drug-likeness (QED) is 0.645. The van der Waals surface area contributed by atoms with E-state index in [9.17, 15) is 31.2 Å². The van der Waals surface area contributed by atoms with Crippen LogP contribution in [0.3, 0.4) is 0 Å². The normalized spacial score (nSPS) is 20.0. The fourth-order valence-corrected chi connectivity index (χ4v) is 4.63. The largest absolute Gasteiger partial charge is 0.573 e. The summed E-state index contributed by atoms with van der Waals surface area (Å²) in [6.07, 6.45) is -4.29. The molecule has 2 fully saturated rings. The van der Waals surface area contributed by atoms with Crippen LogP contribution in [-0.4, -0.2) is 67.7 Å². The molecule has 0 aliphatic carbocycles. The van der Waals surface area contributed by atoms with Crippen LogP contribution in [0.5, 0.6) is 5.75 Å². The average Bonchev–Trinajstić information content (AvgIpc) is 3.36. The van der Waals surface area contributed by atoms with Gasteiger partial charge in [0.25, 0.3) is 5.91 Å². The van der Waals surface area contributed by atoms with E-state index in [0.29, 0.717) is 31.7 Å². The van der Waals surface area contributed by atoms with Gasteiger partial charge in [-0.25, -0.2) is 23.3 Å². The standard InChI is InChI=1S/C21H21F3N4O6S/c22-21(23,24)34-16-3-1-13(2-4-16)12-33-20(30)28-10-14-8-27(9-15(14)11-28)19(29)18-6-5-17(7-26-18)35(25,31)32/h1-7,14-15H,8-12H2,(H2,25,31,32). The zero-order chi connectivity index (χ0) is 25.4. The fraction of sp³-hybridized carbons (Fsp3) is 0.381. The summed E-state index contributed by atoms with van der Waals surface area (Å²) in [7, 11) is -3.91. The Labute approximate surface area is 198 Å². The Morgan fingerprint density at radius 2 is 1.60 bits per heavy atom. The molecule has 0 radical (unpaired) electrons. The maximum atomic E-state index is 12.7. The number of carbonyl (C=O) groups excluding carboxylic acids is 2. The number of pyridine rings is 1. The highest BCUT2D eigenvalue weighted by Gasteiger charge is 2.43. The van der Waals surface area contributed by atoms with Crippen LogP contribution < -0.4 is 9.88 Å². The van der Waals surface area contributed by atoms with Gasteiger partial charge in [-0.1, -0.05) is 12.1 Å². The second-order valence-electron chi connectivity index (χ2n) is 8.31. The number of primary sulfonamides is 1. The van der Waals surface area contributed by atoms with Gasteiger partial charge in [0.2, 0.25) is 10.0 Å². The number of sulfonamides is 1. The number of hydrogen-bond acceptors (Lipinski definition) is 7. The number of nitrogens with two attached hydrogens (primary N) is 1. The van der Waals surface area contributed by atoms with E-state index in [1.807, 2.05) is 0 Å². The molecule has 10 nitrogen and oxygen atoms in total. The van der Waals surface area contributed by atoms with E-state index in [1.165, 1.54) is 29.2 Å². The van der Waals surface area contributed by atoms with Crippen LogP contribution in [0.4, 0.5) is 18.0 Å². The molecule has 1 aromatic carbocycles. The highest BCUT2D eigenvalue weighted by molar-refractivity contribution is 7.89. The maximum absolute atomic E-state index is 12.7. The van der Waals surface area contributed by atoms with Crippen LogP contribution in [0, 0.1) is 11.8 Å². The van der Waals surface area contributed by atoms with Crippen molar-refractivity contribution in [3.05, 3.63) is 53.9 Å². The van der Waals surface area contributed by atoms with Gasteiger partial charge < -0.3 is 19.3 Å². The first-order valence-corrected chi connectivity index (χ1v) is 12.0. The van der Waals surface area contributed by atoms with Gasteiger partial charge in [0.05, 0.1) is 0 Å². The number of amides is 2. The van der Waals surface area contributed by atoms with Crippen LogP contribution in [-0.2, 0) is 21.4 Å². The summed E-state index contributed by atoms with van der Waals surface area (Å²) in [5.74, 6) is -0.606. The number of fused-ring (bicyclic) bond motifs is 1. The predicted octanol–water partition coefficient (Wildman–Crippen LogP) is 1.97. The third-order valence-electron chi connectivity index (χ3n) is 5.83. The molecule has 0 spiro atoms. The van der Waals surface area contributed by atoms with Gasteiger partial charge in [-0.2, -0.15) is 0 Å². The van der Waals surface area contributed by atoms with Gasteiger partial charge in [-0.3, -0.25) is 4.79 Å². The van der Waals surface area contributed by atoms with Crippen molar-refractivity contribution in [3.63, 3.8) is 0 Å². The molecule has 2 aromatic rings. The molecule has 3 heterocycles. The van der Waals surface area contributed by atoms with E-state index in [1.54, 1.807) is 4.90 Å². The van der Waals surface area contributed by atoms with E-state index in [4.69, 9.17) is 9.88 Å². The van der Waals surface area contributed by atoms with Gasteiger partial charge in [-0.15, -0.1) is 13.2 Å². The Morgan fingerprint density at radius 3 is 2.11 bits per heavy atom. The first-order chi connectivity index (χ1) is 16.4. The molecule has 2 amide bonds. The summed E-state index contributed by atoms with van der Waals surface area (Å²) < 4.78 is 68.4. The molecule has 2 aliphatic rings. The number of halogens is 3. The minimum atomic E-state index is -4.78. The Kier molecular flexibility index (Phi) is 6.60. The van der Waals surface area contributed by atoms with Crippen molar-refractivity contribution < 1.29 is 40.7 Å². The van der Waals surface area contributed by atoms with Gasteiger partial charge in [0.15, 0.2) is 0 Å². The molecule has 2 saturated heterocycles. The SMILES string of the molecule is NS(=O)(=O)c1ccc(C(=O)N2CC3CN(C(=O)OCc4ccc(OC(F)(F)F)cc4)CC3C2)nc1. The number of nitrogens with zero attached hydrogens (tertiary/aromatic N) is 3. The molecule has 1 aromatic heterocycles. The van der Waals surface area contributed by atoms with Crippen LogP contribution in [0.15, 0.2) is 47.5 Å². The maximum Gasteiger partial charge on any atom is 0.573 e. The fourth-order valence-electron chi connectivity index (χ4n) is 4.17. The van der Waals surface area contributed by atoms with Crippen molar-refractivity contribution in [1.82, 2.24) is 14.8 Å². The van der Waals surface area contributed by atoms with Gasteiger partial charge in [0, 0.05) is 44.2 Å². The summed E-state index contributed by atoms with van der Waals surface area (Å²) in [4.78, 5) is 32.0.